The molecule has 0 amide bonds. The average Bonchev–Trinajstić information content (AvgIpc) is 0.918. The molecule has 2 nitrogen and oxygen atoms in total. The summed E-state index contributed by atoms with van der Waals surface area (Å²) in [5.74, 6) is 0. The van der Waals surface area contributed by atoms with Gasteiger partial charge in [0.15, 0.2) is 0 Å². The second-order valence-electron chi connectivity index (χ2n) is 0.125. The zero-order chi connectivity index (χ0) is 2.71. The van der Waals surface area contributed by atoms with Gasteiger partial charge in [-0.05, 0) is 0 Å². The Kier molecular flexibility index (Phi) is 240. The number of hydrogen-bond acceptors (Lipinski definition) is 2. The maximum atomic E-state index is 5.62. The van der Waals surface area contributed by atoms with Crippen molar-refractivity contribution in [2.75, 3.05) is 0 Å². The third-order valence-electron chi connectivity index (χ3n) is 0. The molecule has 6 heavy (non-hydrogen) atoms. The molecule has 0 aliphatic rings. The van der Waals surface area contributed by atoms with E-state index in [0.29, 0.717) is 0 Å². The van der Waals surface area contributed by atoms with Gasteiger partial charge in [0.05, 0.1) is 6.01 Å². The van der Waals surface area contributed by atoms with Gasteiger partial charge in [-0.2, -0.15) is 0 Å². The van der Waals surface area contributed by atoms with Crippen LogP contribution >= 0.6 is 0 Å². The molecule has 5 heteroatoms. The minimum Gasteiger partial charge on any atom is -1.00 e. The van der Waals surface area contributed by atoms with E-state index in [2.05, 4.69) is 0 Å². The van der Waals surface area contributed by atoms with Gasteiger partial charge in [0.2, 0.25) is 0 Å². The summed E-state index contributed by atoms with van der Waals surface area (Å²) in [7, 11) is 0. The van der Waals surface area contributed by atoms with Crippen LogP contribution in [0.5, 0.6) is 0 Å². The summed E-state index contributed by atoms with van der Waals surface area (Å²) >= 11 is 0. The van der Waals surface area contributed by atoms with Crippen molar-refractivity contribution >= 4 is 6.01 Å². The Balaban J connectivity index is -0.00000000667. The van der Waals surface area contributed by atoms with Crippen molar-refractivity contribution in [2.45, 2.75) is 0 Å². The predicted octanol–water partition coefficient (Wildman–Crippen LogP) is -5.68. The smallest absolute Gasteiger partial charge is 1.00 e. The molecule has 0 bridgehead atoms. The summed E-state index contributed by atoms with van der Waals surface area (Å²) in [5, 5.41) is 11.2. The van der Waals surface area contributed by atoms with E-state index in [9.17, 15) is 0 Å². The molecule has 0 heterocycles. The monoisotopic (exact) mass is 176 g/mol. The van der Waals surface area contributed by atoms with Gasteiger partial charge < -0.3 is 24.8 Å². The van der Waals surface area contributed by atoms with Gasteiger partial charge >= 0.3 is 19.5 Å². The quantitative estimate of drug-likeness (QED) is 0.274. The zero-order valence-corrected chi connectivity index (χ0v) is 7.44. The van der Waals surface area contributed by atoms with Gasteiger partial charge in [-0.25, -0.2) is 10.8 Å². The topological polar surface area (TPSA) is 47.7 Å². The van der Waals surface area contributed by atoms with Crippen LogP contribution in [0.15, 0.2) is 0 Å². The van der Waals surface area contributed by atoms with Crippen LogP contribution in [0.25, 0.3) is 0 Å². The molecule has 2 N–H and O–H groups in total. The molecule has 0 rings (SSSR count). The van der Waals surface area contributed by atoms with Gasteiger partial charge in [-0.1, -0.05) is 0 Å². The van der Waals surface area contributed by atoms with Crippen molar-refractivity contribution < 1.29 is 44.3 Å². The first-order chi connectivity index (χ1) is 1.41. The molecule has 0 atom stereocenters. The molecule has 0 aliphatic carbocycles. The van der Waals surface area contributed by atoms with E-state index in [1.807, 2.05) is 0 Å². The third kappa shape index (κ3) is 173. The largest absolute Gasteiger partial charge is 2.00 e. The van der Waals surface area contributed by atoms with Crippen molar-refractivity contribution in [2.24, 2.45) is 0 Å². The molecule has 0 aromatic heterocycles. The maximum absolute atomic E-state index is 5.62. The molecule has 0 aromatic rings. The zero-order valence-electron chi connectivity index (χ0n) is 2.96. The van der Waals surface area contributed by atoms with Crippen LogP contribution in [-0.2, 0) is 19.5 Å². The number of rotatable bonds is 0. The fourth-order valence-corrected chi connectivity index (χ4v) is 0. The van der Waals surface area contributed by atoms with Crippen LogP contribution in [0.3, 0.4) is 0 Å². The first-order valence-electron chi connectivity index (χ1n) is 0.500. The maximum Gasteiger partial charge on any atom is 2.00 e. The average molecular weight is 178 g/mol. The Morgan fingerprint density at radius 3 is 1.00 bits per heavy atom. The first-order valence-corrected chi connectivity index (χ1v) is 0.500. The second kappa shape index (κ2) is 46.8. The summed E-state index contributed by atoms with van der Waals surface area (Å²) in [6, 6.07) is 1.25. The summed E-state index contributed by atoms with van der Waals surface area (Å²) in [5.41, 5.74) is 0. The Morgan fingerprint density at radius 1 is 1.00 bits per heavy atom. The molecule has 0 saturated heterocycles. The number of halogens is 2. The Hall–Kier alpha value is 0.583. The molecule has 32 valence electrons. The molecule has 0 aliphatic heterocycles. The summed E-state index contributed by atoms with van der Waals surface area (Å²) in [4.78, 5) is 0. The Bertz CT molecular complexity index is 32.5. The van der Waals surface area contributed by atoms with Crippen molar-refractivity contribution in [3.05, 3.63) is 0 Å². The normalized spacial score (nSPS) is 1.33. The van der Waals surface area contributed by atoms with Crippen LogP contribution in [0.4, 0.5) is 0 Å². The standard InChI is InChI=1S/CH2N2.2ClH.Zn/c2-1-3;;;/h2-3H;2*1H;/q;;;+2/p-2. The molecule has 0 aromatic carbocycles. The minimum absolute atomic E-state index is 0. The fourth-order valence-electron chi connectivity index (χ4n) is 0. The summed E-state index contributed by atoms with van der Waals surface area (Å²) in [6.07, 6.45) is 0. The molecule has 0 saturated carbocycles. The van der Waals surface area contributed by atoms with Crippen LogP contribution in [-0.4, -0.2) is 6.01 Å². The molecular formula is CH2Cl2N2Zn. The number of hydrogen-bond donors (Lipinski definition) is 2. The first kappa shape index (κ1) is 30.8. The van der Waals surface area contributed by atoms with Crippen LogP contribution < -0.4 is 24.8 Å². The summed E-state index contributed by atoms with van der Waals surface area (Å²) < 4.78 is 0. The van der Waals surface area contributed by atoms with Crippen molar-refractivity contribution in [3.8, 4) is 0 Å². The van der Waals surface area contributed by atoms with Crippen molar-refractivity contribution in [1.82, 2.24) is 0 Å². The van der Waals surface area contributed by atoms with E-state index in [4.69, 9.17) is 10.8 Å². The van der Waals surface area contributed by atoms with Gasteiger partial charge in [0.25, 0.3) is 0 Å². The van der Waals surface area contributed by atoms with E-state index in [1.165, 1.54) is 6.01 Å². The molecule has 0 radical (unpaired) electrons. The molecule has 0 unspecified atom stereocenters. The predicted molar refractivity (Wildman–Crippen MR) is 10.4 cm³/mol. The van der Waals surface area contributed by atoms with Gasteiger partial charge in [0.1, 0.15) is 0 Å². The Morgan fingerprint density at radius 2 is 1.00 bits per heavy atom. The molecule has 0 fully saturated rings. The molecular weight excluding hydrogens is 176 g/mol. The van der Waals surface area contributed by atoms with E-state index < -0.39 is 0 Å². The SMILES string of the molecule is N=C=N.[Cl-].[Cl-].[Zn+2]. The van der Waals surface area contributed by atoms with Gasteiger partial charge in [0, 0.05) is 0 Å². The number of nitrogens with one attached hydrogen (secondary N) is 2. The van der Waals surface area contributed by atoms with Gasteiger partial charge in [-0.3, -0.25) is 0 Å². The minimum atomic E-state index is 0. The van der Waals surface area contributed by atoms with Crippen LogP contribution in [0.2, 0.25) is 0 Å². The van der Waals surface area contributed by atoms with E-state index in [0.717, 1.165) is 0 Å². The Labute approximate surface area is 61.3 Å². The second-order valence-corrected chi connectivity index (χ2v) is 0.125. The van der Waals surface area contributed by atoms with Crippen molar-refractivity contribution in [3.63, 3.8) is 0 Å². The van der Waals surface area contributed by atoms with Crippen molar-refractivity contribution in [1.29, 1.82) is 10.8 Å². The third-order valence-corrected chi connectivity index (χ3v) is 0. The van der Waals surface area contributed by atoms with Crippen LogP contribution in [0, 0.1) is 10.8 Å². The van der Waals surface area contributed by atoms with E-state index in [-0.39, 0.29) is 44.3 Å². The van der Waals surface area contributed by atoms with E-state index in [1.54, 1.807) is 0 Å². The summed E-state index contributed by atoms with van der Waals surface area (Å²) in [6.45, 7) is 0. The van der Waals surface area contributed by atoms with Crippen LogP contribution in [0.1, 0.15) is 0 Å². The fraction of sp³-hybridized carbons (Fsp3) is 0. The molecule has 0 spiro atoms. The van der Waals surface area contributed by atoms with Gasteiger partial charge in [-0.15, -0.1) is 0 Å². The van der Waals surface area contributed by atoms with E-state index >= 15 is 0 Å².